The van der Waals surface area contributed by atoms with Crippen LogP contribution in [-0.4, -0.2) is 42.6 Å². The fourth-order valence-electron chi connectivity index (χ4n) is 4.91. The maximum absolute atomic E-state index is 14.0. The molecule has 1 aliphatic heterocycles. The molecule has 0 aliphatic carbocycles. The van der Waals surface area contributed by atoms with E-state index in [4.69, 9.17) is 18.6 Å². The number of ether oxygens (including phenoxy) is 3. The topological polar surface area (TPSA) is 111 Å². The number of carbonyl (C=O) groups excluding carboxylic acids is 2. The number of carbonyl (C=O) groups is 2. The van der Waals surface area contributed by atoms with Crippen LogP contribution in [0.1, 0.15) is 35.5 Å². The summed E-state index contributed by atoms with van der Waals surface area (Å²) < 4.78 is 23.3. The first-order valence-electron chi connectivity index (χ1n) is 13.0. The molecule has 0 fully saturated rings. The second kappa shape index (κ2) is 10.6. The van der Waals surface area contributed by atoms with Crippen LogP contribution in [0, 0.1) is 0 Å². The molecule has 1 aliphatic rings. The van der Waals surface area contributed by atoms with Gasteiger partial charge in [-0.3, -0.25) is 14.5 Å². The van der Waals surface area contributed by atoms with Crippen molar-refractivity contribution in [1.29, 1.82) is 0 Å². The smallest absolute Gasteiger partial charge is 0.296 e. The van der Waals surface area contributed by atoms with Gasteiger partial charge in [0, 0.05) is 5.39 Å². The van der Waals surface area contributed by atoms with Gasteiger partial charge < -0.3 is 23.7 Å². The predicted octanol–water partition coefficient (Wildman–Crippen LogP) is 6.63. The molecule has 0 saturated carbocycles. The Morgan fingerprint density at radius 1 is 1.05 bits per heavy atom. The Bertz CT molecular complexity index is 1840. The standard InChI is InChI=1S/C31H26N2O7S/c1-4-13-39-20-9-5-7-17(14-20)26-25(27(34)23-15-18-8-6-10-22(38-3)29(18)40-23)28(35)30(36)33(26)31-32-21-12-11-19(37-2)16-24(21)41-31/h5-12,14-16,26,35H,4,13H2,1-3H3. The minimum Gasteiger partial charge on any atom is -0.503 e. The fourth-order valence-corrected chi connectivity index (χ4v) is 5.93. The Balaban J connectivity index is 1.49. The Morgan fingerprint density at radius 2 is 1.88 bits per heavy atom. The highest BCUT2D eigenvalue weighted by Crippen LogP contribution is 2.45. The molecule has 1 amide bonds. The normalized spacial score (nSPS) is 15.2. The minimum absolute atomic E-state index is 0.0295. The number of benzene rings is 3. The molecule has 6 rings (SSSR count). The van der Waals surface area contributed by atoms with Crippen molar-refractivity contribution in [1.82, 2.24) is 4.98 Å². The molecule has 10 heteroatoms. The number of hydrogen-bond donors (Lipinski definition) is 1. The van der Waals surface area contributed by atoms with E-state index in [9.17, 15) is 14.7 Å². The van der Waals surface area contributed by atoms with Gasteiger partial charge in [-0.15, -0.1) is 0 Å². The van der Waals surface area contributed by atoms with Crippen LogP contribution in [0.2, 0.25) is 0 Å². The Morgan fingerprint density at radius 3 is 2.66 bits per heavy atom. The van der Waals surface area contributed by atoms with E-state index in [1.165, 1.54) is 23.3 Å². The molecule has 1 N–H and O–H groups in total. The second-order valence-corrected chi connectivity index (χ2v) is 10.4. The summed E-state index contributed by atoms with van der Waals surface area (Å²) >= 11 is 1.26. The monoisotopic (exact) mass is 570 g/mol. The van der Waals surface area contributed by atoms with Crippen molar-refractivity contribution in [2.45, 2.75) is 19.4 Å². The van der Waals surface area contributed by atoms with Crippen molar-refractivity contribution in [2.24, 2.45) is 0 Å². The summed E-state index contributed by atoms with van der Waals surface area (Å²) in [5.41, 5.74) is 1.51. The maximum Gasteiger partial charge on any atom is 0.296 e. The lowest BCUT2D eigenvalue weighted by atomic mass is 9.95. The summed E-state index contributed by atoms with van der Waals surface area (Å²) in [6, 6.07) is 18.4. The zero-order valence-corrected chi connectivity index (χ0v) is 23.4. The maximum atomic E-state index is 14.0. The highest BCUT2D eigenvalue weighted by atomic mass is 32.1. The zero-order chi connectivity index (χ0) is 28.7. The van der Waals surface area contributed by atoms with Crippen LogP contribution in [0.3, 0.4) is 0 Å². The second-order valence-electron chi connectivity index (χ2n) is 9.41. The van der Waals surface area contributed by atoms with Crippen LogP contribution < -0.4 is 19.1 Å². The van der Waals surface area contributed by atoms with E-state index < -0.39 is 23.5 Å². The van der Waals surface area contributed by atoms with Crippen LogP contribution in [-0.2, 0) is 4.79 Å². The molecule has 3 heterocycles. The number of Topliss-reactive ketones (excluding diaryl/α,β-unsaturated/α-hetero) is 1. The van der Waals surface area contributed by atoms with Crippen LogP contribution in [0.5, 0.6) is 17.2 Å². The number of hydrogen-bond acceptors (Lipinski definition) is 9. The molecule has 208 valence electrons. The lowest BCUT2D eigenvalue weighted by Crippen LogP contribution is -2.31. The summed E-state index contributed by atoms with van der Waals surface area (Å²) in [5.74, 6) is -0.358. The van der Waals surface area contributed by atoms with Gasteiger partial charge >= 0.3 is 0 Å². The number of para-hydroxylation sites is 1. The Kier molecular flexibility index (Phi) is 6.84. The molecule has 9 nitrogen and oxygen atoms in total. The first-order valence-corrected chi connectivity index (χ1v) is 13.8. The molecule has 0 radical (unpaired) electrons. The number of nitrogens with zero attached hydrogens (tertiary/aromatic N) is 2. The average Bonchev–Trinajstić information content (AvgIpc) is 3.69. The summed E-state index contributed by atoms with van der Waals surface area (Å²) in [6.45, 7) is 2.51. The van der Waals surface area contributed by atoms with Crippen LogP contribution in [0.15, 0.2) is 82.5 Å². The van der Waals surface area contributed by atoms with Crippen LogP contribution >= 0.6 is 11.3 Å². The number of aromatic nitrogens is 1. The van der Waals surface area contributed by atoms with Gasteiger partial charge in [0.25, 0.3) is 5.91 Å². The molecule has 2 aromatic heterocycles. The molecule has 0 saturated heterocycles. The summed E-state index contributed by atoms with van der Waals surface area (Å²) in [7, 11) is 3.09. The van der Waals surface area contributed by atoms with Gasteiger partial charge in [-0.25, -0.2) is 4.98 Å². The number of rotatable bonds is 9. The molecule has 3 aromatic carbocycles. The van der Waals surface area contributed by atoms with Crippen LogP contribution in [0.4, 0.5) is 5.13 Å². The summed E-state index contributed by atoms with van der Waals surface area (Å²) in [5, 5.41) is 12.2. The molecular formula is C31H26N2O7S. The highest BCUT2D eigenvalue weighted by molar-refractivity contribution is 7.22. The number of aliphatic hydroxyl groups is 1. The third-order valence-corrected chi connectivity index (χ3v) is 7.86. The summed E-state index contributed by atoms with van der Waals surface area (Å²) in [4.78, 5) is 33.8. The van der Waals surface area contributed by atoms with E-state index in [0.717, 1.165) is 11.1 Å². The van der Waals surface area contributed by atoms with Gasteiger partial charge in [-0.05, 0) is 54.4 Å². The number of amides is 1. The van der Waals surface area contributed by atoms with Gasteiger partial charge in [0.1, 0.15) is 11.5 Å². The van der Waals surface area contributed by atoms with Gasteiger partial charge in [0.15, 0.2) is 28.0 Å². The minimum atomic E-state index is -0.988. The third-order valence-electron chi connectivity index (χ3n) is 6.84. The number of ketones is 1. The van der Waals surface area contributed by atoms with Crippen molar-refractivity contribution in [3.63, 3.8) is 0 Å². The predicted molar refractivity (Wildman–Crippen MR) is 155 cm³/mol. The van der Waals surface area contributed by atoms with Gasteiger partial charge in [0.2, 0.25) is 5.78 Å². The molecular weight excluding hydrogens is 544 g/mol. The lowest BCUT2D eigenvalue weighted by Gasteiger charge is -2.24. The molecule has 1 unspecified atom stereocenters. The number of aliphatic hydroxyl groups excluding tert-OH is 1. The van der Waals surface area contributed by atoms with Crippen molar-refractivity contribution < 1.29 is 33.3 Å². The number of fused-ring (bicyclic) bond motifs is 2. The average molecular weight is 571 g/mol. The molecule has 41 heavy (non-hydrogen) atoms. The van der Waals surface area contributed by atoms with E-state index in [0.29, 0.717) is 51.0 Å². The largest absolute Gasteiger partial charge is 0.503 e. The molecule has 0 spiro atoms. The van der Waals surface area contributed by atoms with E-state index in [1.54, 1.807) is 67.8 Å². The first kappa shape index (κ1) is 26.4. The number of anilines is 1. The number of thiazole rings is 1. The van der Waals surface area contributed by atoms with Crippen molar-refractivity contribution in [3.05, 3.63) is 89.4 Å². The van der Waals surface area contributed by atoms with Gasteiger partial charge in [-0.1, -0.05) is 42.5 Å². The summed E-state index contributed by atoms with van der Waals surface area (Å²) in [6.07, 6.45) is 0.813. The fraction of sp³-hybridized carbons (Fsp3) is 0.194. The van der Waals surface area contributed by atoms with E-state index in [-0.39, 0.29) is 11.3 Å². The Labute approximate surface area is 239 Å². The van der Waals surface area contributed by atoms with Gasteiger partial charge in [0.05, 0.1) is 42.7 Å². The first-order chi connectivity index (χ1) is 19.9. The molecule has 1 atom stereocenters. The number of methoxy groups -OCH3 is 2. The van der Waals surface area contributed by atoms with Gasteiger partial charge in [-0.2, -0.15) is 0 Å². The molecule has 0 bridgehead atoms. The van der Waals surface area contributed by atoms with E-state index >= 15 is 0 Å². The third kappa shape index (κ3) is 4.55. The Hall–Kier alpha value is -4.83. The zero-order valence-electron chi connectivity index (χ0n) is 22.5. The van der Waals surface area contributed by atoms with Crippen molar-refractivity contribution in [3.8, 4) is 17.2 Å². The number of furan rings is 1. The van der Waals surface area contributed by atoms with Crippen molar-refractivity contribution in [2.75, 3.05) is 25.7 Å². The van der Waals surface area contributed by atoms with E-state index in [2.05, 4.69) is 4.98 Å². The van der Waals surface area contributed by atoms with Crippen LogP contribution in [0.25, 0.3) is 21.2 Å². The SMILES string of the molecule is CCCOc1cccc(C2C(C(=O)c3cc4cccc(OC)c4o3)=C(O)C(=O)N2c2nc3ccc(OC)cc3s2)c1. The molecule has 5 aromatic rings. The lowest BCUT2D eigenvalue weighted by molar-refractivity contribution is -0.117. The van der Waals surface area contributed by atoms with E-state index in [1.807, 2.05) is 13.0 Å². The highest BCUT2D eigenvalue weighted by Gasteiger charge is 2.46. The quantitative estimate of drug-likeness (QED) is 0.197. The van der Waals surface area contributed by atoms with Crippen molar-refractivity contribution >= 4 is 49.3 Å².